The molecule has 0 saturated carbocycles. The molecule has 13 heteroatoms. The van der Waals surface area contributed by atoms with Gasteiger partial charge >= 0.3 is 0 Å². The summed E-state index contributed by atoms with van der Waals surface area (Å²) >= 11 is 1.26. The number of sulfone groups is 1. The van der Waals surface area contributed by atoms with Crippen molar-refractivity contribution in [2.75, 3.05) is 57.1 Å². The van der Waals surface area contributed by atoms with Crippen molar-refractivity contribution in [2.45, 2.75) is 42.0 Å². The maximum absolute atomic E-state index is 13.9. The smallest absolute Gasteiger partial charge is 0.260 e. The van der Waals surface area contributed by atoms with Crippen LogP contribution in [-0.4, -0.2) is 95.2 Å². The van der Waals surface area contributed by atoms with Gasteiger partial charge in [-0.2, -0.15) is 4.31 Å². The number of hydrogen-bond donors (Lipinski definition) is 0. The molecule has 0 aliphatic carbocycles. The van der Waals surface area contributed by atoms with Crippen LogP contribution in [0.3, 0.4) is 0 Å². The van der Waals surface area contributed by atoms with Gasteiger partial charge in [0.05, 0.1) is 27.7 Å². The first kappa shape index (κ1) is 29.1. The quantitative estimate of drug-likeness (QED) is 0.384. The van der Waals surface area contributed by atoms with Crippen LogP contribution in [0.25, 0.3) is 10.2 Å². The van der Waals surface area contributed by atoms with Crippen molar-refractivity contribution in [1.29, 1.82) is 0 Å². The molecule has 0 bridgehead atoms. The lowest BCUT2D eigenvalue weighted by Gasteiger charge is -2.32. The van der Waals surface area contributed by atoms with E-state index in [4.69, 9.17) is 4.74 Å². The van der Waals surface area contributed by atoms with E-state index in [-0.39, 0.29) is 21.7 Å². The fourth-order valence-corrected chi connectivity index (χ4v) is 8.78. The van der Waals surface area contributed by atoms with Gasteiger partial charge in [-0.3, -0.25) is 14.6 Å². The van der Waals surface area contributed by atoms with Crippen LogP contribution in [0.1, 0.15) is 36.5 Å². The van der Waals surface area contributed by atoms with Gasteiger partial charge < -0.3 is 4.74 Å². The summed E-state index contributed by atoms with van der Waals surface area (Å²) in [5.41, 5.74) is 0.668. The van der Waals surface area contributed by atoms with E-state index in [9.17, 15) is 21.6 Å². The van der Waals surface area contributed by atoms with E-state index in [0.717, 1.165) is 38.6 Å². The first-order chi connectivity index (χ1) is 19.1. The van der Waals surface area contributed by atoms with E-state index in [0.29, 0.717) is 53.8 Å². The summed E-state index contributed by atoms with van der Waals surface area (Å²) < 4.78 is 59.0. The Kier molecular flexibility index (Phi) is 8.60. The summed E-state index contributed by atoms with van der Waals surface area (Å²) in [7, 11) is -7.18. The average molecular weight is 607 g/mol. The largest absolute Gasteiger partial charge is 0.379 e. The number of benzene rings is 2. The lowest BCUT2D eigenvalue weighted by atomic mass is 10.1. The molecule has 1 aromatic heterocycles. The summed E-state index contributed by atoms with van der Waals surface area (Å²) in [6.07, 6.45) is 3.82. The predicted octanol–water partition coefficient (Wildman–Crippen LogP) is 3.24. The van der Waals surface area contributed by atoms with Crippen LogP contribution in [0, 0.1) is 0 Å². The number of piperidine rings is 1. The van der Waals surface area contributed by atoms with Gasteiger partial charge in [-0.15, -0.1) is 0 Å². The van der Waals surface area contributed by atoms with E-state index in [1.54, 1.807) is 33.5 Å². The minimum absolute atomic E-state index is 0.0633. The molecule has 2 aliphatic heterocycles. The van der Waals surface area contributed by atoms with E-state index in [1.165, 1.54) is 29.5 Å². The summed E-state index contributed by atoms with van der Waals surface area (Å²) in [4.78, 5) is 22.5. The Morgan fingerprint density at radius 2 is 1.77 bits per heavy atom. The number of sulfonamides is 1. The molecule has 1 atom stereocenters. The Labute approximate surface area is 239 Å². The molecule has 1 unspecified atom stereocenters. The highest BCUT2D eigenvalue weighted by atomic mass is 32.2. The van der Waals surface area contributed by atoms with Crippen LogP contribution >= 0.6 is 11.3 Å². The molecule has 3 aromatic rings. The monoisotopic (exact) mass is 606 g/mol. The van der Waals surface area contributed by atoms with Crippen molar-refractivity contribution in [1.82, 2.24) is 14.2 Å². The highest BCUT2D eigenvalue weighted by Gasteiger charge is 2.31. The van der Waals surface area contributed by atoms with Gasteiger partial charge in [-0.1, -0.05) is 23.8 Å². The van der Waals surface area contributed by atoms with E-state index in [1.807, 2.05) is 6.92 Å². The predicted molar refractivity (Wildman–Crippen MR) is 155 cm³/mol. The molecule has 2 aromatic carbocycles. The number of amides is 1. The molecule has 2 aliphatic rings. The van der Waals surface area contributed by atoms with E-state index in [2.05, 4.69) is 9.88 Å². The zero-order chi connectivity index (χ0) is 28.5. The number of ether oxygens (including phenoxy) is 1. The number of carbonyl (C=O) groups excluding carboxylic acids is 1. The first-order valence-corrected chi connectivity index (χ1v) is 17.5. The third-order valence-electron chi connectivity index (χ3n) is 7.44. The van der Waals surface area contributed by atoms with Crippen molar-refractivity contribution >= 4 is 52.5 Å². The molecule has 40 heavy (non-hydrogen) atoms. The topological polar surface area (TPSA) is 117 Å². The Hall–Kier alpha value is -2.42. The zero-order valence-corrected chi connectivity index (χ0v) is 25.1. The Morgan fingerprint density at radius 3 is 2.45 bits per heavy atom. The highest BCUT2D eigenvalue weighted by Crippen LogP contribution is 2.33. The van der Waals surface area contributed by atoms with Crippen molar-refractivity contribution in [3.63, 3.8) is 0 Å². The minimum Gasteiger partial charge on any atom is -0.379 e. The van der Waals surface area contributed by atoms with Gasteiger partial charge in [0.25, 0.3) is 5.91 Å². The number of nitrogens with zero attached hydrogens (tertiary/aromatic N) is 4. The molecule has 0 spiro atoms. The SMILES string of the molecule is CC1CCCCN1S(=O)(=O)c1ccc(C(=O)N(CCN2CCOCC2)c2nc3c(S(C)(=O)=O)cccc3s2)cc1. The fourth-order valence-electron chi connectivity index (χ4n) is 5.17. The maximum atomic E-state index is 13.9. The molecule has 2 fully saturated rings. The second kappa shape index (κ2) is 11.8. The second-order valence-electron chi connectivity index (χ2n) is 10.3. The highest BCUT2D eigenvalue weighted by molar-refractivity contribution is 7.91. The van der Waals surface area contributed by atoms with E-state index >= 15 is 0 Å². The standard InChI is InChI=1S/C27H34N4O6S3/c1-20-6-3-4-13-31(20)40(35,36)22-11-9-21(10-12-22)26(32)30(15-14-29-16-18-37-19-17-29)27-28-25-23(38-27)7-5-8-24(25)39(2,33)34/h5,7-12,20H,3-4,6,13-19H2,1-2H3. The molecule has 0 radical (unpaired) electrons. The summed E-state index contributed by atoms with van der Waals surface area (Å²) in [5, 5.41) is 0.392. The van der Waals surface area contributed by atoms with Crippen LogP contribution in [-0.2, 0) is 24.6 Å². The number of aromatic nitrogens is 1. The molecule has 5 rings (SSSR count). The van der Waals surface area contributed by atoms with Crippen LogP contribution < -0.4 is 4.90 Å². The van der Waals surface area contributed by atoms with Crippen LogP contribution in [0.15, 0.2) is 52.3 Å². The van der Waals surface area contributed by atoms with Crippen LogP contribution in [0.5, 0.6) is 0 Å². The van der Waals surface area contributed by atoms with E-state index < -0.39 is 19.9 Å². The van der Waals surface area contributed by atoms with Gasteiger partial charge in [0.2, 0.25) is 10.0 Å². The number of para-hydroxylation sites is 1. The van der Waals surface area contributed by atoms with Gasteiger partial charge in [-0.25, -0.2) is 21.8 Å². The molecule has 2 saturated heterocycles. The zero-order valence-electron chi connectivity index (χ0n) is 22.7. The van der Waals surface area contributed by atoms with Gasteiger partial charge in [0, 0.05) is 50.6 Å². The molecule has 216 valence electrons. The molecular formula is C27H34N4O6S3. The lowest BCUT2D eigenvalue weighted by Crippen LogP contribution is -2.43. The molecule has 3 heterocycles. The Morgan fingerprint density at radius 1 is 1.05 bits per heavy atom. The first-order valence-electron chi connectivity index (χ1n) is 13.4. The second-order valence-corrected chi connectivity index (χ2v) is 15.2. The molecule has 0 N–H and O–H groups in total. The van der Waals surface area contributed by atoms with Crippen molar-refractivity contribution in [3.8, 4) is 0 Å². The summed E-state index contributed by atoms with van der Waals surface area (Å²) in [6.45, 7) is 6.09. The summed E-state index contributed by atoms with van der Waals surface area (Å²) in [6, 6.07) is 11.0. The Balaban J connectivity index is 1.46. The third-order valence-corrected chi connectivity index (χ3v) is 11.6. The number of rotatable bonds is 8. The van der Waals surface area contributed by atoms with Gasteiger partial charge in [0.15, 0.2) is 15.0 Å². The molecular weight excluding hydrogens is 573 g/mol. The summed E-state index contributed by atoms with van der Waals surface area (Å²) in [5.74, 6) is -0.330. The minimum atomic E-state index is -3.66. The van der Waals surface area contributed by atoms with Crippen molar-refractivity contribution in [2.24, 2.45) is 0 Å². The maximum Gasteiger partial charge on any atom is 0.260 e. The van der Waals surface area contributed by atoms with Crippen LogP contribution in [0.4, 0.5) is 5.13 Å². The molecule has 10 nitrogen and oxygen atoms in total. The normalized spacial score (nSPS) is 19.6. The number of hydrogen-bond acceptors (Lipinski definition) is 9. The number of thiazole rings is 1. The van der Waals surface area contributed by atoms with Crippen molar-refractivity contribution in [3.05, 3.63) is 48.0 Å². The van der Waals surface area contributed by atoms with Crippen molar-refractivity contribution < 1.29 is 26.4 Å². The number of carbonyl (C=O) groups is 1. The average Bonchev–Trinajstić information content (AvgIpc) is 3.37. The lowest BCUT2D eigenvalue weighted by molar-refractivity contribution is 0.0391. The van der Waals surface area contributed by atoms with Gasteiger partial charge in [-0.05, 0) is 56.2 Å². The fraction of sp³-hybridized carbons (Fsp3) is 0.481. The number of morpholine rings is 1. The van der Waals surface area contributed by atoms with Crippen LogP contribution in [0.2, 0.25) is 0 Å². The Bertz CT molecular complexity index is 1580. The number of anilines is 1. The number of fused-ring (bicyclic) bond motifs is 1. The molecule has 1 amide bonds. The third kappa shape index (κ3) is 6.09. The van der Waals surface area contributed by atoms with Gasteiger partial charge in [0.1, 0.15) is 5.52 Å².